The minimum atomic E-state index is -4.49. The van der Waals surface area contributed by atoms with Crippen LogP contribution in [0.25, 0.3) is 0 Å². The van der Waals surface area contributed by atoms with Crippen LogP contribution in [0.5, 0.6) is 5.88 Å². The average Bonchev–Trinajstić information content (AvgIpc) is 3.07. The van der Waals surface area contributed by atoms with Gasteiger partial charge in [0.2, 0.25) is 5.88 Å². The van der Waals surface area contributed by atoms with E-state index < -0.39 is 17.6 Å². The lowest BCUT2D eigenvalue weighted by Gasteiger charge is -2.21. The van der Waals surface area contributed by atoms with Crippen LogP contribution in [0.3, 0.4) is 0 Å². The SMILES string of the molecule is CN=C(NCCOc1ncccc1C(F)(F)F)N(C)Cc1ccsc1. The Bertz CT molecular complexity index is 689. The summed E-state index contributed by atoms with van der Waals surface area (Å²) >= 11 is 1.62. The van der Waals surface area contributed by atoms with Crippen LogP contribution in [0.15, 0.2) is 40.1 Å². The van der Waals surface area contributed by atoms with Crippen LogP contribution in [0, 0.1) is 0 Å². The zero-order chi connectivity index (χ0) is 18.3. The molecule has 2 aromatic rings. The molecule has 0 unspecified atom stereocenters. The van der Waals surface area contributed by atoms with Gasteiger partial charge in [-0.15, -0.1) is 0 Å². The Morgan fingerprint density at radius 1 is 1.40 bits per heavy atom. The van der Waals surface area contributed by atoms with Gasteiger partial charge in [0.25, 0.3) is 0 Å². The minimum Gasteiger partial charge on any atom is -0.475 e. The van der Waals surface area contributed by atoms with Crippen LogP contribution < -0.4 is 10.1 Å². The highest BCUT2D eigenvalue weighted by Gasteiger charge is 2.34. The molecule has 0 aromatic carbocycles. The molecule has 0 atom stereocenters. The Balaban J connectivity index is 1.84. The summed E-state index contributed by atoms with van der Waals surface area (Å²) < 4.78 is 43.8. The summed E-state index contributed by atoms with van der Waals surface area (Å²) in [5.74, 6) is 0.213. The Kier molecular flexibility index (Phi) is 6.63. The van der Waals surface area contributed by atoms with Gasteiger partial charge in [0, 0.05) is 26.8 Å². The van der Waals surface area contributed by atoms with Crippen LogP contribution in [0.1, 0.15) is 11.1 Å². The molecular formula is C16H19F3N4OS. The zero-order valence-electron chi connectivity index (χ0n) is 13.9. The summed E-state index contributed by atoms with van der Waals surface area (Å²) in [7, 11) is 3.53. The molecule has 5 nitrogen and oxygen atoms in total. The van der Waals surface area contributed by atoms with Gasteiger partial charge in [0.15, 0.2) is 5.96 Å². The van der Waals surface area contributed by atoms with Crippen molar-refractivity contribution in [2.45, 2.75) is 12.7 Å². The maximum Gasteiger partial charge on any atom is 0.421 e. The predicted molar refractivity (Wildman–Crippen MR) is 91.9 cm³/mol. The number of nitrogens with one attached hydrogen (secondary N) is 1. The van der Waals surface area contributed by atoms with Crippen molar-refractivity contribution in [2.75, 3.05) is 27.2 Å². The van der Waals surface area contributed by atoms with Crippen molar-refractivity contribution in [3.8, 4) is 5.88 Å². The molecule has 0 saturated carbocycles. The Labute approximate surface area is 148 Å². The number of aliphatic imine (C=N–C) groups is 1. The van der Waals surface area contributed by atoms with Gasteiger partial charge in [-0.25, -0.2) is 4.98 Å². The normalized spacial score (nSPS) is 12.1. The smallest absolute Gasteiger partial charge is 0.421 e. The lowest BCUT2D eigenvalue weighted by Crippen LogP contribution is -2.40. The summed E-state index contributed by atoms with van der Waals surface area (Å²) in [5, 5.41) is 7.10. The Hall–Kier alpha value is -2.29. The quantitative estimate of drug-likeness (QED) is 0.480. The largest absolute Gasteiger partial charge is 0.475 e. The van der Waals surface area contributed by atoms with Crippen molar-refractivity contribution in [2.24, 2.45) is 4.99 Å². The van der Waals surface area contributed by atoms with E-state index in [1.165, 1.54) is 12.3 Å². The fraction of sp³-hybridized carbons (Fsp3) is 0.375. The molecule has 0 aliphatic heterocycles. The van der Waals surface area contributed by atoms with Gasteiger partial charge in [0.1, 0.15) is 12.2 Å². The number of aromatic nitrogens is 1. The van der Waals surface area contributed by atoms with Gasteiger partial charge in [-0.3, -0.25) is 4.99 Å². The van der Waals surface area contributed by atoms with E-state index in [4.69, 9.17) is 4.74 Å². The van der Waals surface area contributed by atoms with Gasteiger partial charge in [-0.1, -0.05) is 0 Å². The zero-order valence-corrected chi connectivity index (χ0v) is 14.7. The van der Waals surface area contributed by atoms with E-state index >= 15 is 0 Å². The van der Waals surface area contributed by atoms with Gasteiger partial charge in [-0.2, -0.15) is 24.5 Å². The molecule has 136 valence electrons. The number of rotatable bonds is 6. The highest BCUT2D eigenvalue weighted by atomic mass is 32.1. The first kappa shape index (κ1) is 19.0. The second-order valence-electron chi connectivity index (χ2n) is 5.16. The molecule has 0 saturated heterocycles. The monoisotopic (exact) mass is 372 g/mol. The van der Waals surface area contributed by atoms with Crippen molar-refractivity contribution < 1.29 is 17.9 Å². The standard InChI is InChI=1S/C16H19F3N4OS/c1-20-15(23(2)10-12-5-9-25-11-12)22-7-8-24-14-13(16(17,18)19)4-3-6-21-14/h3-6,9,11H,7-8,10H2,1-2H3,(H,20,22). The van der Waals surface area contributed by atoms with E-state index in [2.05, 4.69) is 15.3 Å². The van der Waals surface area contributed by atoms with E-state index in [0.717, 1.165) is 11.6 Å². The minimum absolute atomic E-state index is 0.0331. The summed E-state index contributed by atoms with van der Waals surface area (Å²) in [6.07, 6.45) is -3.22. The fourth-order valence-electron chi connectivity index (χ4n) is 2.15. The third kappa shape index (κ3) is 5.63. The number of guanidine groups is 1. The molecule has 9 heteroatoms. The molecule has 25 heavy (non-hydrogen) atoms. The highest BCUT2D eigenvalue weighted by Crippen LogP contribution is 2.34. The van der Waals surface area contributed by atoms with Gasteiger partial charge < -0.3 is 15.0 Å². The summed E-state index contributed by atoms with van der Waals surface area (Å²) in [5.41, 5.74) is 0.281. The van der Waals surface area contributed by atoms with E-state index in [0.29, 0.717) is 19.0 Å². The number of halogens is 3. The van der Waals surface area contributed by atoms with Gasteiger partial charge in [-0.05, 0) is 34.5 Å². The average molecular weight is 372 g/mol. The van der Waals surface area contributed by atoms with E-state index in [1.807, 2.05) is 28.8 Å². The van der Waals surface area contributed by atoms with Crippen molar-refractivity contribution >= 4 is 17.3 Å². The number of pyridine rings is 1. The Morgan fingerprint density at radius 3 is 2.84 bits per heavy atom. The lowest BCUT2D eigenvalue weighted by molar-refractivity contribution is -0.139. The molecule has 1 N–H and O–H groups in total. The number of ether oxygens (including phenoxy) is 1. The number of hydrogen-bond acceptors (Lipinski definition) is 4. The van der Waals surface area contributed by atoms with Crippen LogP contribution in [-0.2, 0) is 12.7 Å². The second-order valence-corrected chi connectivity index (χ2v) is 5.94. The molecule has 0 fully saturated rings. The highest BCUT2D eigenvalue weighted by molar-refractivity contribution is 7.07. The molecule has 0 radical (unpaired) electrons. The van der Waals surface area contributed by atoms with Crippen LogP contribution >= 0.6 is 11.3 Å². The molecule has 2 rings (SSSR count). The fourth-order valence-corrected chi connectivity index (χ4v) is 2.81. The molecule has 0 bridgehead atoms. The van der Waals surface area contributed by atoms with Gasteiger partial charge >= 0.3 is 6.18 Å². The lowest BCUT2D eigenvalue weighted by atomic mass is 10.2. The van der Waals surface area contributed by atoms with Crippen LogP contribution in [0.2, 0.25) is 0 Å². The molecule has 0 aliphatic carbocycles. The third-order valence-electron chi connectivity index (χ3n) is 3.27. The summed E-state index contributed by atoms with van der Waals surface area (Å²) in [6.45, 7) is 1.02. The first-order valence-corrected chi connectivity index (χ1v) is 8.44. The molecule has 0 spiro atoms. The van der Waals surface area contributed by atoms with E-state index in [-0.39, 0.29) is 6.61 Å². The first-order valence-electron chi connectivity index (χ1n) is 7.49. The van der Waals surface area contributed by atoms with Crippen molar-refractivity contribution in [3.63, 3.8) is 0 Å². The first-order chi connectivity index (χ1) is 11.9. The van der Waals surface area contributed by atoms with Crippen LogP contribution in [0.4, 0.5) is 13.2 Å². The summed E-state index contributed by atoms with van der Waals surface area (Å²) in [4.78, 5) is 9.73. The number of thiophene rings is 1. The Morgan fingerprint density at radius 2 is 2.20 bits per heavy atom. The topological polar surface area (TPSA) is 49.8 Å². The van der Waals surface area contributed by atoms with Crippen molar-refractivity contribution in [1.29, 1.82) is 0 Å². The third-order valence-corrected chi connectivity index (χ3v) is 4.01. The summed E-state index contributed by atoms with van der Waals surface area (Å²) in [6, 6.07) is 4.20. The van der Waals surface area contributed by atoms with Gasteiger partial charge in [0.05, 0.1) is 6.54 Å². The second kappa shape index (κ2) is 8.70. The van der Waals surface area contributed by atoms with E-state index in [1.54, 1.807) is 18.4 Å². The molecule has 0 aliphatic rings. The number of nitrogens with zero attached hydrogens (tertiary/aromatic N) is 3. The van der Waals surface area contributed by atoms with E-state index in [9.17, 15) is 13.2 Å². The molecular weight excluding hydrogens is 353 g/mol. The molecule has 0 amide bonds. The number of alkyl halides is 3. The predicted octanol–water partition coefficient (Wildman–Crippen LogP) is 3.25. The van der Waals surface area contributed by atoms with Crippen LogP contribution in [-0.4, -0.2) is 43.1 Å². The van der Waals surface area contributed by atoms with Crippen molar-refractivity contribution in [1.82, 2.24) is 15.2 Å². The number of hydrogen-bond donors (Lipinski definition) is 1. The molecule has 2 aromatic heterocycles. The van der Waals surface area contributed by atoms with Crippen molar-refractivity contribution in [3.05, 3.63) is 46.3 Å². The molecule has 2 heterocycles. The maximum absolute atomic E-state index is 12.9. The maximum atomic E-state index is 12.9.